The Morgan fingerprint density at radius 1 is 0.735 bits per heavy atom. The Morgan fingerprint density at radius 3 is 1.69 bits per heavy atom. The highest BCUT2D eigenvalue weighted by Gasteiger charge is 2.41. The van der Waals surface area contributed by atoms with Crippen LogP contribution in [-0.4, -0.2) is 102 Å². The van der Waals surface area contributed by atoms with Crippen LogP contribution in [0.2, 0.25) is 0 Å². The second-order valence-corrected chi connectivity index (χ2v) is 16.4. The van der Waals surface area contributed by atoms with Crippen molar-refractivity contribution in [3.63, 3.8) is 0 Å². The Balaban J connectivity index is 0.000000218. The third kappa shape index (κ3) is 9.26. The first-order valence-electron chi connectivity index (χ1n) is 18.0. The first kappa shape index (κ1) is 35.1. The van der Waals surface area contributed by atoms with Crippen molar-refractivity contribution in [2.24, 2.45) is 11.8 Å². The average Bonchev–Trinajstić information content (AvgIpc) is 3.91. The van der Waals surface area contributed by atoms with Crippen LogP contribution in [0, 0.1) is 11.8 Å². The summed E-state index contributed by atoms with van der Waals surface area (Å²) in [5, 5.41) is 3.49. The zero-order valence-electron chi connectivity index (χ0n) is 30.1. The predicted molar refractivity (Wildman–Crippen MR) is 188 cm³/mol. The van der Waals surface area contributed by atoms with Gasteiger partial charge in [-0.05, 0) is 89.5 Å². The van der Waals surface area contributed by atoms with Crippen LogP contribution < -0.4 is 5.32 Å². The van der Waals surface area contributed by atoms with E-state index in [9.17, 15) is 14.4 Å². The number of hydrogen-bond acceptors (Lipinski definition) is 7. The van der Waals surface area contributed by atoms with E-state index in [1.165, 1.54) is 35.1 Å². The van der Waals surface area contributed by atoms with Crippen molar-refractivity contribution in [1.82, 2.24) is 20.0 Å². The molecule has 4 fully saturated rings. The molecule has 0 unspecified atom stereocenters. The van der Waals surface area contributed by atoms with Crippen LogP contribution in [-0.2, 0) is 14.2 Å². The van der Waals surface area contributed by atoms with Gasteiger partial charge in [0.2, 0.25) is 0 Å². The summed E-state index contributed by atoms with van der Waals surface area (Å²) in [7, 11) is 0. The number of nitrogens with zero attached hydrogens (tertiary/aromatic N) is 3. The van der Waals surface area contributed by atoms with E-state index in [0.717, 1.165) is 38.5 Å². The number of fused-ring (bicyclic) bond motifs is 3. The fourth-order valence-corrected chi connectivity index (χ4v) is 6.67. The number of amides is 3. The summed E-state index contributed by atoms with van der Waals surface area (Å²) in [6.45, 7) is 16.2. The number of carbonyl (C=O) groups excluding carboxylic acids is 3. The molecule has 3 amide bonds. The minimum Gasteiger partial charge on any atom is -0.448 e. The van der Waals surface area contributed by atoms with Crippen LogP contribution in [0.3, 0.4) is 0 Å². The van der Waals surface area contributed by atoms with E-state index in [1.807, 2.05) is 58.6 Å². The standard InChI is InChI=1S/C27H32N2O4.C12H22N2O2/c1-27(2,3)33-25(30)28-14-18(15-28)16-29(19-12-13-19)26(31)32-17-24-22-10-6-4-8-20(22)21-9-5-7-11-23(21)24;1-12(2,3)16-11(15)14-7-9(8-14)6-13-10-4-5-10/h4-11,18-19,24H,12-17H2,1-3H3;9-10,13H,4-8H2,1-3H3. The quantitative estimate of drug-likeness (QED) is 0.305. The van der Waals surface area contributed by atoms with Gasteiger partial charge < -0.3 is 34.2 Å². The molecule has 0 spiro atoms. The Hall–Kier alpha value is -3.79. The molecule has 10 nitrogen and oxygen atoms in total. The summed E-state index contributed by atoms with van der Waals surface area (Å²) >= 11 is 0. The Morgan fingerprint density at radius 2 is 1.22 bits per heavy atom. The summed E-state index contributed by atoms with van der Waals surface area (Å²) < 4.78 is 16.6. The molecule has 7 rings (SSSR count). The smallest absolute Gasteiger partial charge is 0.410 e. The molecule has 2 saturated carbocycles. The lowest BCUT2D eigenvalue weighted by molar-refractivity contribution is -0.00693. The molecule has 2 saturated heterocycles. The van der Waals surface area contributed by atoms with E-state index < -0.39 is 5.60 Å². The van der Waals surface area contributed by atoms with Gasteiger partial charge in [-0.3, -0.25) is 0 Å². The lowest BCUT2D eigenvalue weighted by atomic mass is 9.98. The largest absolute Gasteiger partial charge is 0.448 e. The van der Waals surface area contributed by atoms with Gasteiger partial charge in [0, 0.05) is 69.1 Å². The van der Waals surface area contributed by atoms with Gasteiger partial charge in [-0.2, -0.15) is 0 Å². The highest BCUT2D eigenvalue weighted by Crippen LogP contribution is 2.44. The molecule has 2 heterocycles. The highest BCUT2D eigenvalue weighted by atomic mass is 16.6. The van der Waals surface area contributed by atoms with E-state index >= 15 is 0 Å². The van der Waals surface area contributed by atoms with Gasteiger partial charge in [-0.1, -0.05) is 48.5 Å². The van der Waals surface area contributed by atoms with Crippen LogP contribution in [0.15, 0.2) is 48.5 Å². The van der Waals surface area contributed by atoms with Crippen LogP contribution in [0.25, 0.3) is 11.1 Å². The van der Waals surface area contributed by atoms with Crippen molar-refractivity contribution in [3.8, 4) is 11.1 Å². The fraction of sp³-hybridized carbons (Fsp3) is 0.615. The van der Waals surface area contributed by atoms with Crippen LogP contribution in [0.4, 0.5) is 14.4 Å². The zero-order valence-corrected chi connectivity index (χ0v) is 30.1. The molecule has 3 aliphatic carbocycles. The van der Waals surface area contributed by atoms with Crippen LogP contribution >= 0.6 is 0 Å². The summed E-state index contributed by atoms with van der Waals surface area (Å²) in [4.78, 5) is 42.3. The number of nitrogens with one attached hydrogen (secondary N) is 1. The highest BCUT2D eigenvalue weighted by molar-refractivity contribution is 5.79. The van der Waals surface area contributed by atoms with Crippen LogP contribution in [0.5, 0.6) is 0 Å². The topological polar surface area (TPSA) is 101 Å². The van der Waals surface area contributed by atoms with Gasteiger partial charge in [0.25, 0.3) is 0 Å². The first-order chi connectivity index (χ1) is 23.2. The number of rotatable bonds is 8. The van der Waals surface area contributed by atoms with Gasteiger partial charge in [-0.15, -0.1) is 0 Å². The minimum absolute atomic E-state index is 0.0637. The minimum atomic E-state index is -0.497. The van der Waals surface area contributed by atoms with E-state index in [0.29, 0.717) is 32.2 Å². The maximum absolute atomic E-state index is 13.1. The van der Waals surface area contributed by atoms with Gasteiger partial charge in [0.15, 0.2) is 0 Å². The Labute approximate surface area is 291 Å². The van der Waals surface area contributed by atoms with E-state index in [1.54, 1.807) is 9.80 Å². The SMILES string of the molecule is CC(C)(C)OC(=O)N1CC(CN(C(=O)OCC2c3ccccc3-c3ccccc32)C2CC2)C1.CC(C)(C)OC(=O)N1CC(CNC2CC2)C1. The first-order valence-corrected chi connectivity index (χ1v) is 18.0. The molecule has 2 aromatic rings. The van der Waals surface area contributed by atoms with E-state index in [2.05, 4.69) is 41.7 Å². The molecule has 5 aliphatic rings. The third-order valence-corrected chi connectivity index (χ3v) is 9.50. The van der Waals surface area contributed by atoms with E-state index in [-0.39, 0.29) is 41.8 Å². The molecule has 0 radical (unpaired) electrons. The van der Waals surface area contributed by atoms with Crippen molar-refractivity contribution < 1.29 is 28.6 Å². The molecule has 0 aromatic heterocycles. The van der Waals surface area contributed by atoms with Gasteiger partial charge >= 0.3 is 18.3 Å². The monoisotopic (exact) mass is 674 g/mol. The zero-order chi connectivity index (χ0) is 34.9. The van der Waals surface area contributed by atoms with Crippen LogP contribution in [0.1, 0.15) is 84.3 Å². The second-order valence-electron chi connectivity index (χ2n) is 16.4. The lowest BCUT2D eigenvalue weighted by Crippen LogP contribution is -2.55. The Bertz CT molecular complexity index is 1450. The predicted octanol–water partition coefficient (Wildman–Crippen LogP) is 6.87. The lowest BCUT2D eigenvalue weighted by Gasteiger charge is -2.41. The third-order valence-electron chi connectivity index (χ3n) is 9.50. The van der Waals surface area contributed by atoms with Crippen molar-refractivity contribution in [3.05, 3.63) is 59.7 Å². The maximum atomic E-state index is 13.1. The number of hydrogen-bond donors (Lipinski definition) is 1. The number of ether oxygens (including phenoxy) is 3. The van der Waals surface area contributed by atoms with Crippen molar-refractivity contribution in [1.29, 1.82) is 0 Å². The molecular weight excluding hydrogens is 620 g/mol. The Kier molecular flexibility index (Phi) is 10.2. The van der Waals surface area contributed by atoms with Gasteiger partial charge in [0.1, 0.15) is 17.8 Å². The fourth-order valence-electron chi connectivity index (χ4n) is 6.67. The second kappa shape index (κ2) is 14.2. The summed E-state index contributed by atoms with van der Waals surface area (Å²) in [5.74, 6) is 0.945. The summed E-state index contributed by atoms with van der Waals surface area (Å²) in [6, 6.07) is 17.8. The molecular formula is C39H54N4O6. The summed E-state index contributed by atoms with van der Waals surface area (Å²) in [6.07, 6.45) is 3.99. The summed E-state index contributed by atoms with van der Waals surface area (Å²) in [5.41, 5.74) is 4.01. The number of likely N-dealkylation sites (tertiary alicyclic amines) is 2. The average molecular weight is 675 g/mol. The molecule has 1 N–H and O–H groups in total. The van der Waals surface area contributed by atoms with Crippen molar-refractivity contribution in [2.45, 2.75) is 96.4 Å². The molecule has 266 valence electrons. The molecule has 0 atom stereocenters. The van der Waals surface area contributed by atoms with E-state index in [4.69, 9.17) is 14.2 Å². The van der Waals surface area contributed by atoms with Gasteiger partial charge in [-0.25, -0.2) is 14.4 Å². The van der Waals surface area contributed by atoms with Gasteiger partial charge in [0.05, 0.1) is 0 Å². The maximum Gasteiger partial charge on any atom is 0.410 e. The molecule has 0 bridgehead atoms. The molecule has 2 aromatic carbocycles. The molecule has 2 aliphatic heterocycles. The normalized spacial score (nSPS) is 19.1. The number of benzene rings is 2. The number of carbonyl (C=O) groups is 3. The van der Waals surface area contributed by atoms with Crippen molar-refractivity contribution in [2.75, 3.05) is 45.9 Å². The molecule has 10 heteroatoms. The molecule has 49 heavy (non-hydrogen) atoms. The van der Waals surface area contributed by atoms with Crippen molar-refractivity contribution >= 4 is 18.3 Å².